The number of ether oxygens (including phenoxy) is 1. The normalized spacial score (nSPS) is 35.4. The van der Waals surface area contributed by atoms with Crippen molar-refractivity contribution < 1.29 is 14.3 Å². The molecule has 2 fully saturated rings. The predicted octanol–water partition coefficient (Wildman–Crippen LogP) is -0.207. The Morgan fingerprint density at radius 3 is 2.62 bits per heavy atom. The number of fused-ring (bicyclic) bond motifs is 1. The van der Waals surface area contributed by atoms with Crippen molar-refractivity contribution in [1.29, 1.82) is 0 Å². The molecule has 5 heteroatoms. The van der Waals surface area contributed by atoms with Crippen molar-refractivity contribution in [1.82, 2.24) is 5.32 Å². The van der Waals surface area contributed by atoms with Gasteiger partial charge in [0.05, 0.1) is 6.54 Å². The van der Waals surface area contributed by atoms with Gasteiger partial charge in [-0.1, -0.05) is 0 Å². The Morgan fingerprint density at radius 2 is 2.06 bits per heavy atom. The van der Waals surface area contributed by atoms with Gasteiger partial charge in [0.2, 0.25) is 5.91 Å². The predicted molar refractivity (Wildman–Crippen MR) is 57.4 cm³/mol. The highest BCUT2D eigenvalue weighted by atomic mass is 16.6. The summed E-state index contributed by atoms with van der Waals surface area (Å²) in [5, 5.41) is 2.41. The molecule has 0 aromatic carbocycles. The number of hydrogen-bond acceptors (Lipinski definition) is 4. The van der Waals surface area contributed by atoms with E-state index in [9.17, 15) is 9.59 Å². The first-order chi connectivity index (χ1) is 7.52. The Morgan fingerprint density at radius 1 is 1.44 bits per heavy atom. The summed E-state index contributed by atoms with van der Waals surface area (Å²) in [5.74, 6) is 0.815. The Kier molecular flexibility index (Phi) is 2.88. The summed E-state index contributed by atoms with van der Waals surface area (Å²) in [4.78, 5) is 22.3. The molecule has 2 aliphatic carbocycles. The smallest absolute Gasteiger partial charge is 0.325 e. The molecule has 2 aliphatic rings. The van der Waals surface area contributed by atoms with Crippen molar-refractivity contribution in [3.63, 3.8) is 0 Å². The van der Waals surface area contributed by atoms with Gasteiger partial charge in [-0.15, -0.1) is 0 Å². The summed E-state index contributed by atoms with van der Waals surface area (Å²) < 4.78 is 5.40. The van der Waals surface area contributed by atoms with Crippen molar-refractivity contribution in [2.75, 3.05) is 13.1 Å². The summed E-state index contributed by atoms with van der Waals surface area (Å²) in [5.41, 5.74) is 4.80. The third-order valence-corrected chi connectivity index (χ3v) is 3.43. The fraction of sp³-hybridized carbons (Fsp3) is 0.818. The number of rotatable bonds is 4. The van der Waals surface area contributed by atoms with Crippen LogP contribution < -0.4 is 11.1 Å². The zero-order valence-corrected chi connectivity index (χ0v) is 9.49. The maximum atomic E-state index is 11.5. The van der Waals surface area contributed by atoms with E-state index in [4.69, 9.17) is 10.5 Å². The average molecular weight is 226 g/mol. The molecule has 2 saturated carbocycles. The van der Waals surface area contributed by atoms with E-state index in [1.54, 1.807) is 0 Å². The Hall–Kier alpha value is -1.10. The lowest BCUT2D eigenvalue weighted by molar-refractivity contribution is -0.158. The third kappa shape index (κ3) is 2.52. The molecule has 3 N–H and O–H groups in total. The molecule has 90 valence electrons. The van der Waals surface area contributed by atoms with Gasteiger partial charge in [-0.3, -0.25) is 9.59 Å². The largest absolute Gasteiger partial charge is 0.458 e. The van der Waals surface area contributed by atoms with Gasteiger partial charge < -0.3 is 15.8 Å². The van der Waals surface area contributed by atoms with E-state index >= 15 is 0 Å². The Bertz CT molecular complexity index is 306. The van der Waals surface area contributed by atoms with E-state index in [2.05, 4.69) is 5.32 Å². The molecule has 0 aliphatic heterocycles. The molecular weight excluding hydrogens is 208 g/mol. The van der Waals surface area contributed by atoms with Crippen LogP contribution in [0.3, 0.4) is 0 Å². The van der Waals surface area contributed by atoms with E-state index in [-0.39, 0.29) is 30.6 Å². The summed E-state index contributed by atoms with van der Waals surface area (Å²) in [7, 11) is 0. The van der Waals surface area contributed by atoms with Crippen LogP contribution in [0.4, 0.5) is 0 Å². The number of nitrogens with one attached hydrogen (secondary N) is 1. The molecule has 2 unspecified atom stereocenters. The third-order valence-electron chi connectivity index (χ3n) is 3.43. The Labute approximate surface area is 94.7 Å². The number of nitrogens with two attached hydrogens (primary N) is 1. The monoisotopic (exact) mass is 226 g/mol. The average Bonchev–Trinajstić information content (AvgIpc) is 2.83. The van der Waals surface area contributed by atoms with Crippen molar-refractivity contribution in [3.05, 3.63) is 0 Å². The van der Waals surface area contributed by atoms with Crippen LogP contribution in [0.2, 0.25) is 0 Å². The quantitative estimate of drug-likeness (QED) is 0.650. The lowest BCUT2D eigenvalue weighted by Crippen LogP contribution is -2.38. The maximum absolute atomic E-state index is 11.5. The number of amides is 1. The highest BCUT2D eigenvalue weighted by molar-refractivity contribution is 5.83. The Balaban J connectivity index is 1.72. The van der Waals surface area contributed by atoms with Crippen molar-refractivity contribution in [2.45, 2.75) is 31.8 Å². The van der Waals surface area contributed by atoms with Crippen LogP contribution >= 0.6 is 0 Å². The second-order valence-corrected chi connectivity index (χ2v) is 5.07. The first kappa shape index (κ1) is 11.4. The number of carbonyl (C=O) groups excluding carboxylic acids is 2. The van der Waals surface area contributed by atoms with Crippen LogP contribution in [0.5, 0.6) is 0 Å². The molecular formula is C11H18N2O3. The highest BCUT2D eigenvalue weighted by Gasteiger charge is 2.53. The summed E-state index contributed by atoms with van der Waals surface area (Å²) in [6, 6.07) is 0. The minimum Gasteiger partial charge on any atom is -0.458 e. The molecule has 0 bridgehead atoms. The van der Waals surface area contributed by atoms with E-state index in [0.717, 1.165) is 24.7 Å². The molecule has 0 radical (unpaired) electrons. The van der Waals surface area contributed by atoms with Crippen LogP contribution in [0.15, 0.2) is 0 Å². The van der Waals surface area contributed by atoms with Crippen LogP contribution in [0.25, 0.3) is 0 Å². The zero-order chi connectivity index (χ0) is 11.8. The van der Waals surface area contributed by atoms with Crippen molar-refractivity contribution >= 4 is 11.9 Å². The van der Waals surface area contributed by atoms with E-state index in [1.165, 1.54) is 6.42 Å². The van der Waals surface area contributed by atoms with Gasteiger partial charge in [-0.25, -0.2) is 0 Å². The maximum Gasteiger partial charge on any atom is 0.325 e. The second-order valence-electron chi connectivity index (χ2n) is 5.07. The summed E-state index contributed by atoms with van der Waals surface area (Å²) in [6.45, 7) is 1.79. The molecule has 1 amide bonds. The van der Waals surface area contributed by atoms with Crippen molar-refractivity contribution in [3.8, 4) is 0 Å². The summed E-state index contributed by atoms with van der Waals surface area (Å²) >= 11 is 0. The molecule has 0 aromatic rings. The SMILES string of the molecule is CC1(OC(=O)CNC(=O)CN)CC2C[C@@H]2C1. The van der Waals surface area contributed by atoms with Gasteiger partial charge >= 0.3 is 5.97 Å². The minimum atomic E-state index is -0.370. The zero-order valence-electron chi connectivity index (χ0n) is 9.49. The number of esters is 1. The van der Waals surface area contributed by atoms with Crippen molar-refractivity contribution in [2.24, 2.45) is 17.6 Å². The van der Waals surface area contributed by atoms with Gasteiger partial charge in [-0.2, -0.15) is 0 Å². The fourth-order valence-corrected chi connectivity index (χ4v) is 2.64. The standard InChI is InChI=1S/C11H18N2O3/c1-11(3-7-2-8(7)4-11)16-10(15)6-13-9(14)5-12/h7-8H,2-6,12H2,1H3,(H,13,14)/t7-,8?,11?/m1/s1. The number of carbonyl (C=O) groups is 2. The first-order valence-corrected chi connectivity index (χ1v) is 5.71. The van der Waals surface area contributed by atoms with Gasteiger partial charge in [0.1, 0.15) is 12.1 Å². The number of hydrogen-bond donors (Lipinski definition) is 2. The highest BCUT2D eigenvalue weighted by Crippen LogP contribution is 2.57. The van der Waals surface area contributed by atoms with Crippen LogP contribution in [-0.4, -0.2) is 30.6 Å². The van der Waals surface area contributed by atoms with Crippen LogP contribution in [-0.2, 0) is 14.3 Å². The van der Waals surface area contributed by atoms with E-state index in [1.807, 2.05) is 6.92 Å². The first-order valence-electron chi connectivity index (χ1n) is 5.71. The molecule has 5 nitrogen and oxygen atoms in total. The topological polar surface area (TPSA) is 81.4 Å². The molecule has 0 heterocycles. The molecule has 0 aromatic heterocycles. The molecule has 2 rings (SSSR count). The van der Waals surface area contributed by atoms with Gasteiger partial charge in [-0.05, 0) is 38.0 Å². The molecule has 16 heavy (non-hydrogen) atoms. The second kappa shape index (κ2) is 4.05. The van der Waals surface area contributed by atoms with E-state index < -0.39 is 0 Å². The fourth-order valence-electron chi connectivity index (χ4n) is 2.64. The van der Waals surface area contributed by atoms with Crippen LogP contribution in [0, 0.1) is 11.8 Å². The lowest BCUT2D eigenvalue weighted by atomic mass is 10.0. The lowest BCUT2D eigenvalue weighted by Gasteiger charge is -2.26. The van der Waals surface area contributed by atoms with Crippen LogP contribution in [0.1, 0.15) is 26.2 Å². The van der Waals surface area contributed by atoms with E-state index in [0.29, 0.717) is 0 Å². The molecule has 0 spiro atoms. The van der Waals surface area contributed by atoms with Gasteiger partial charge in [0.25, 0.3) is 0 Å². The molecule has 0 saturated heterocycles. The van der Waals surface area contributed by atoms with Gasteiger partial charge in [0, 0.05) is 0 Å². The molecule has 3 atom stereocenters. The summed E-state index contributed by atoms with van der Waals surface area (Å²) in [6.07, 6.45) is 3.22. The minimum absolute atomic E-state index is 0.0824. The van der Waals surface area contributed by atoms with Gasteiger partial charge in [0.15, 0.2) is 0 Å².